The van der Waals surface area contributed by atoms with Crippen LogP contribution < -0.4 is 10.6 Å². The molecule has 2 fully saturated rings. The van der Waals surface area contributed by atoms with Crippen molar-refractivity contribution in [3.63, 3.8) is 0 Å². The van der Waals surface area contributed by atoms with Crippen LogP contribution in [0.5, 0.6) is 0 Å². The van der Waals surface area contributed by atoms with E-state index in [0.29, 0.717) is 6.04 Å². The average Bonchev–Trinajstić information content (AvgIpc) is 3.02. The van der Waals surface area contributed by atoms with Gasteiger partial charge in [0.2, 0.25) is 5.91 Å². The van der Waals surface area contributed by atoms with Gasteiger partial charge < -0.3 is 10.6 Å². The summed E-state index contributed by atoms with van der Waals surface area (Å²) in [7, 11) is 0. The zero-order chi connectivity index (χ0) is 10.0. The molecule has 80 valence electrons. The molecule has 2 aliphatic rings. The number of hydrogen-bond donors (Lipinski definition) is 2. The molecular formula is C11H20N2O. The maximum Gasteiger partial charge on any atom is 0.227 e. The third-order valence-corrected chi connectivity index (χ3v) is 3.54. The van der Waals surface area contributed by atoms with Gasteiger partial charge in [-0.3, -0.25) is 4.79 Å². The Morgan fingerprint density at radius 1 is 1.57 bits per heavy atom. The largest absolute Gasteiger partial charge is 0.353 e. The Bertz CT molecular complexity index is 217. The van der Waals surface area contributed by atoms with Gasteiger partial charge >= 0.3 is 0 Å². The van der Waals surface area contributed by atoms with Gasteiger partial charge in [0.1, 0.15) is 0 Å². The summed E-state index contributed by atoms with van der Waals surface area (Å²) in [6, 6.07) is 0.493. The Morgan fingerprint density at radius 3 is 2.86 bits per heavy atom. The van der Waals surface area contributed by atoms with Gasteiger partial charge in [-0.15, -0.1) is 0 Å². The van der Waals surface area contributed by atoms with Crippen molar-refractivity contribution < 1.29 is 4.79 Å². The Morgan fingerprint density at radius 2 is 2.36 bits per heavy atom. The highest BCUT2D eigenvalue weighted by molar-refractivity contribution is 5.83. The molecule has 14 heavy (non-hydrogen) atoms. The molecule has 1 aliphatic carbocycles. The van der Waals surface area contributed by atoms with Gasteiger partial charge in [-0.05, 0) is 38.6 Å². The number of nitrogens with one attached hydrogen (secondary N) is 2. The van der Waals surface area contributed by atoms with Crippen molar-refractivity contribution in [3.8, 4) is 0 Å². The maximum absolute atomic E-state index is 12.1. The van der Waals surface area contributed by atoms with Crippen LogP contribution in [-0.4, -0.2) is 25.0 Å². The summed E-state index contributed by atoms with van der Waals surface area (Å²) in [5.74, 6) is 0.287. The molecule has 1 saturated carbocycles. The first-order valence-electron chi connectivity index (χ1n) is 5.78. The van der Waals surface area contributed by atoms with Gasteiger partial charge in [-0.2, -0.15) is 0 Å². The second-order valence-corrected chi connectivity index (χ2v) is 4.66. The smallest absolute Gasteiger partial charge is 0.227 e. The van der Waals surface area contributed by atoms with Crippen LogP contribution in [0.1, 0.15) is 39.0 Å². The number of carbonyl (C=O) groups is 1. The topological polar surface area (TPSA) is 41.1 Å². The molecule has 1 atom stereocenters. The maximum atomic E-state index is 12.1. The molecule has 0 aromatic carbocycles. The Labute approximate surface area is 85.6 Å². The molecular weight excluding hydrogens is 176 g/mol. The highest BCUT2D eigenvalue weighted by Gasteiger charge is 2.39. The third kappa shape index (κ3) is 1.92. The number of carbonyl (C=O) groups excluding carboxylic acids is 1. The van der Waals surface area contributed by atoms with Crippen molar-refractivity contribution in [1.82, 2.24) is 10.6 Å². The number of rotatable bonds is 3. The molecule has 2 N–H and O–H groups in total. The van der Waals surface area contributed by atoms with Crippen molar-refractivity contribution in [3.05, 3.63) is 0 Å². The average molecular weight is 196 g/mol. The number of piperidine rings is 1. The van der Waals surface area contributed by atoms with Crippen LogP contribution in [0.25, 0.3) is 0 Å². The second kappa shape index (κ2) is 3.89. The van der Waals surface area contributed by atoms with Crippen LogP contribution in [0, 0.1) is 5.41 Å². The fourth-order valence-electron chi connectivity index (χ4n) is 2.19. The van der Waals surface area contributed by atoms with Gasteiger partial charge in [0, 0.05) is 12.6 Å². The minimum atomic E-state index is -0.110. The number of hydrogen-bond acceptors (Lipinski definition) is 2. The van der Waals surface area contributed by atoms with Gasteiger partial charge in [0.15, 0.2) is 0 Å². The van der Waals surface area contributed by atoms with Crippen molar-refractivity contribution in [2.45, 2.75) is 45.1 Å². The first kappa shape index (κ1) is 9.97. The lowest BCUT2D eigenvalue weighted by Gasteiger charge is -2.35. The van der Waals surface area contributed by atoms with E-state index in [1.165, 1.54) is 12.8 Å². The molecule has 3 heteroatoms. The predicted octanol–water partition coefficient (Wildman–Crippen LogP) is 1.04. The van der Waals surface area contributed by atoms with Crippen LogP contribution in [0.3, 0.4) is 0 Å². The van der Waals surface area contributed by atoms with Crippen LogP contribution in [0.15, 0.2) is 0 Å². The van der Waals surface area contributed by atoms with E-state index in [1.807, 2.05) is 0 Å². The van der Waals surface area contributed by atoms with E-state index in [4.69, 9.17) is 0 Å². The molecule has 2 rings (SSSR count). The Hall–Kier alpha value is -0.570. The molecule has 1 amide bonds. The minimum absolute atomic E-state index is 0.110. The monoisotopic (exact) mass is 196 g/mol. The SMILES string of the molecule is CCC1(C(=O)NC2CC2)CCCNC1. The van der Waals surface area contributed by atoms with Crippen molar-refractivity contribution in [2.24, 2.45) is 5.41 Å². The van der Waals surface area contributed by atoms with E-state index in [9.17, 15) is 4.79 Å². The molecule has 0 aromatic heterocycles. The summed E-state index contributed by atoms with van der Waals surface area (Å²) < 4.78 is 0. The zero-order valence-electron chi connectivity index (χ0n) is 8.94. The van der Waals surface area contributed by atoms with E-state index in [-0.39, 0.29) is 11.3 Å². The molecule has 0 aromatic rings. The van der Waals surface area contributed by atoms with Crippen molar-refractivity contribution in [2.75, 3.05) is 13.1 Å². The summed E-state index contributed by atoms with van der Waals surface area (Å²) in [6.45, 7) is 4.06. The van der Waals surface area contributed by atoms with Crippen LogP contribution in [0.4, 0.5) is 0 Å². The molecule has 1 heterocycles. The molecule has 1 unspecified atom stereocenters. The normalized spacial score (nSPS) is 32.6. The van der Waals surface area contributed by atoms with E-state index < -0.39 is 0 Å². The zero-order valence-corrected chi connectivity index (χ0v) is 8.94. The highest BCUT2D eigenvalue weighted by Crippen LogP contribution is 2.31. The lowest BCUT2D eigenvalue weighted by atomic mass is 9.77. The fraction of sp³-hybridized carbons (Fsp3) is 0.909. The Kier molecular flexibility index (Phi) is 2.77. The van der Waals surface area contributed by atoms with Crippen molar-refractivity contribution in [1.29, 1.82) is 0 Å². The van der Waals surface area contributed by atoms with E-state index >= 15 is 0 Å². The summed E-state index contributed by atoms with van der Waals surface area (Å²) in [5, 5.41) is 6.48. The highest BCUT2D eigenvalue weighted by atomic mass is 16.2. The molecule has 0 bridgehead atoms. The van der Waals surface area contributed by atoms with Gasteiger partial charge in [-0.25, -0.2) is 0 Å². The Balaban J connectivity index is 1.97. The van der Waals surface area contributed by atoms with E-state index in [1.54, 1.807) is 0 Å². The summed E-state index contributed by atoms with van der Waals surface area (Å²) in [6.07, 6.45) is 5.50. The molecule has 0 spiro atoms. The summed E-state index contributed by atoms with van der Waals surface area (Å²) in [4.78, 5) is 12.1. The summed E-state index contributed by atoms with van der Waals surface area (Å²) >= 11 is 0. The number of amides is 1. The van der Waals surface area contributed by atoms with Gasteiger partial charge in [-0.1, -0.05) is 6.92 Å². The quantitative estimate of drug-likeness (QED) is 0.708. The molecule has 0 radical (unpaired) electrons. The predicted molar refractivity (Wildman–Crippen MR) is 56.0 cm³/mol. The fourth-order valence-corrected chi connectivity index (χ4v) is 2.19. The van der Waals surface area contributed by atoms with Crippen LogP contribution in [0.2, 0.25) is 0 Å². The van der Waals surface area contributed by atoms with E-state index in [2.05, 4.69) is 17.6 Å². The lowest BCUT2D eigenvalue weighted by Crippen LogP contribution is -2.50. The molecule has 1 saturated heterocycles. The standard InChI is InChI=1S/C11H20N2O/c1-2-11(6-3-7-12-8-11)10(14)13-9-4-5-9/h9,12H,2-8H2,1H3,(H,13,14). The molecule has 3 nitrogen and oxygen atoms in total. The van der Waals surface area contributed by atoms with Gasteiger partial charge in [0.25, 0.3) is 0 Å². The first-order chi connectivity index (χ1) is 6.77. The third-order valence-electron chi connectivity index (χ3n) is 3.54. The summed E-state index contributed by atoms with van der Waals surface area (Å²) in [5.41, 5.74) is -0.110. The molecule has 1 aliphatic heterocycles. The van der Waals surface area contributed by atoms with Crippen LogP contribution >= 0.6 is 0 Å². The second-order valence-electron chi connectivity index (χ2n) is 4.66. The first-order valence-corrected chi connectivity index (χ1v) is 5.78. The van der Waals surface area contributed by atoms with Crippen LogP contribution in [-0.2, 0) is 4.79 Å². The lowest BCUT2D eigenvalue weighted by molar-refractivity contribution is -0.132. The minimum Gasteiger partial charge on any atom is -0.353 e. The van der Waals surface area contributed by atoms with Crippen molar-refractivity contribution >= 4 is 5.91 Å². The van der Waals surface area contributed by atoms with Gasteiger partial charge in [0.05, 0.1) is 5.41 Å². The van der Waals surface area contributed by atoms with E-state index in [0.717, 1.165) is 32.4 Å².